The van der Waals surface area contributed by atoms with Gasteiger partial charge in [-0.25, -0.2) is 15.0 Å². The van der Waals surface area contributed by atoms with Crippen molar-refractivity contribution in [3.63, 3.8) is 0 Å². The number of amides is 1. The third kappa shape index (κ3) is 3.40. The van der Waals surface area contributed by atoms with Crippen molar-refractivity contribution < 1.29 is 9.63 Å². The SMILES string of the molecule is CON(C)C(=O)c1cnc(SC)nc1NC1CCCC1. The summed E-state index contributed by atoms with van der Waals surface area (Å²) in [6.07, 6.45) is 8.16. The summed E-state index contributed by atoms with van der Waals surface area (Å²) in [7, 11) is 3.03. The second-order valence-electron chi connectivity index (χ2n) is 4.73. The fourth-order valence-corrected chi connectivity index (χ4v) is 2.59. The molecule has 0 unspecified atom stereocenters. The number of thioether (sulfide) groups is 1. The van der Waals surface area contributed by atoms with Crippen molar-refractivity contribution in [2.75, 3.05) is 25.7 Å². The second-order valence-corrected chi connectivity index (χ2v) is 5.50. The molecule has 110 valence electrons. The predicted molar refractivity (Wildman–Crippen MR) is 78.8 cm³/mol. The lowest BCUT2D eigenvalue weighted by Gasteiger charge is -2.19. The van der Waals surface area contributed by atoms with Crippen LogP contribution in [0.15, 0.2) is 11.4 Å². The Hall–Kier alpha value is -1.34. The lowest BCUT2D eigenvalue weighted by molar-refractivity contribution is -0.0756. The van der Waals surface area contributed by atoms with Crippen LogP contribution >= 0.6 is 11.8 Å². The quantitative estimate of drug-likeness (QED) is 0.510. The highest BCUT2D eigenvalue weighted by Gasteiger charge is 2.22. The molecule has 20 heavy (non-hydrogen) atoms. The fourth-order valence-electron chi connectivity index (χ4n) is 2.25. The summed E-state index contributed by atoms with van der Waals surface area (Å²) < 4.78 is 0. The molecule has 1 amide bonds. The van der Waals surface area contributed by atoms with Gasteiger partial charge in [-0.05, 0) is 19.1 Å². The highest BCUT2D eigenvalue weighted by Crippen LogP contribution is 2.24. The van der Waals surface area contributed by atoms with Crippen LogP contribution in [-0.2, 0) is 4.84 Å². The molecule has 0 aromatic carbocycles. The molecule has 0 radical (unpaired) electrons. The third-order valence-corrected chi connectivity index (χ3v) is 4.00. The zero-order chi connectivity index (χ0) is 14.5. The van der Waals surface area contributed by atoms with E-state index in [-0.39, 0.29) is 5.91 Å². The lowest BCUT2D eigenvalue weighted by Crippen LogP contribution is -2.28. The molecule has 6 nitrogen and oxygen atoms in total. The summed E-state index contributed by atoms with van der Waals surface area (Å²) in [6.45, 7) is 0. The van der Waals surface area contributed by atoms with Crippen LogP contribution < -0.4 is 5.32 Å². The number of nitrogens with one attached hydrogen (secondary N) is 1. The monoisotopic (exact) mass is 296 g/mol. The number of carbonyl (C=O) groups is 1. The first-order chi connectivity index (χ1) is 9.65. The minimum absolute atomic E-state index is 0.249. The molecule has 0 saturated heterocycles. The number of nitrogens with zero attached hydrogens (tertiary/aromatic N) is 3. The van der Waals surface area contributed by atoms with Crippen molar-refractivity contribution in [2.45, 2.75) is 36.9 Å². The van der Waals surface area contributed by atoms with Crippen LogP contribution in [0.2, 0.25) is 0 Å². The maximum absolute atomic E-state index is 12.2. The molecule has 1 saturated carbocycles. The predicted octanol–water partition coefficient (Wildman–Crippen LogP) is 2.19. The van der Waals surface area contributed by atoms with Crippen molar-refractivity contribution in [2.24, 2.45) is 0 Å². The third-order valence-electron chi connectivity index (χ3n) is 3.44. The summed E-state index contributed by atoms with van der Waals surface area (Å²) in [4.78, 5) is 25.8. The first-order valence-electron chi connectivity index (χ1n) is 6.65. The van der Waals surface area contributed by atoms with Crippen molar-refractivity contribution >= 4 is 23.5 Å². The molecule has 0 aliphatic heterocycles. The lowest BCUT2D eigenvalue weighted by atomic mass is 10.2. The molecular weight excluding hydrogens is 276 g/mol. The van der Waals surface area contributed by atoms with Crippen molar-refractivity contribution in [1.29, 1.82) is 0 Å². The van der Waals surface area contributed by atoms with Gasteiger partial charge in [0.2, 0.25) is 0 Å². The Kier molecular flexibility index (Phi) is 5.19. The molecule has 1 heterocycles. The Morgan fingerprint density at radius 3 is 2.80 bits per heavy atom. The normalized spacial score (nSPS) is 15.3. The van der Waals surface area contributed by atoms with Crippen LogP contribution in [0.4, 0.5) is 5.82 Å². The zero-order valence-corrected chi connectivity index (χ0v) is 12.9. The number of aromatic nitrogens is 2. The Balaban J connectivity index is 2.26. The average Bonchev–Trinajstić information content (AvgIpc) is 2.98. The molecule has 1 fully saturated rings. The molecule has 7 heteroatoms. The molecule has 1 aliphatic carbocycles. The first-order valence-corrected chi connectivity index (χ1v) is 7.88. The summed E-state index contributed by atoms with van der Waals surface area (Å²) in [5.41, 5.74) is 0.444. The van der Waals surface area contributed by atoms with Crippen LogP contribution in [0.1, 0.15) is 36.0 Å². The maximum Gasteiger partial charge on any atom is 0.282 e. The van der Waals surface area contributed by atoms with Gasteiger partial charge in [0.05, 0.1) is 7.11 Å². The molecule has 0 spiro atoms. The average molecular weight is 296 g/mol. The minimum Gasteiger partial charge on any atom is -0.367 e. The number of hydrogen-bond donors (Lipinski definition) is 1. The molecule has 1 aromatic rings. The van der Waals surface area contributed by atoms with Gasteiger partial charge in [-0.15, -0.1) is 0 Å². The van der Waals surface area contributed by atoms with Crippen molar-refractivity contribution in [3.05, 3.63) is 11.8 Å². The molecule has 0 atom stereocenters. The molecular formula is C13H20N4O2S. The van der Waals surface area contributed by atoms with E-state index in [4.69, 9.17) is 4.84 Å². The van der Waals surface area contributed by atoms with Gasteiger partial charge < -0.3 is 5.32 Å². The van der Waals surface area contributed by atoms with Crippen LogP contribution in [0.25, 0.3) is 0 Å². The van der Waals surface area contributed by atoms with Gasteiger partial charge in [0.25, 0.3) is 5.91 Å². The fraction of sp³-hybridized carbons (Fsp3) is 0.615. The Morgan fingerprint density at radius 1 is 1.50 bits per heavy atom. The van der Waals surface area contributed by atoms with E-state index < -0.39 is 0 Å². The van der Waals surface area contributed by atoms with E-state index in [0.717, 1.165) is 12.8 Å². The van der Waals surface area contributed by atoms with Gasteiger partial charge in [0, 0.05) is 19.3 Å². The van der Waals surface area contributed by atoms with E-state index in [1.54, 1.807) is 13.2 Å². The van der Waals surface area contributed by atoms with Gasteiger partial charge in [0.1, 0.15) is 11.4 Å². The zero-order valence-electron chi connectivity index (χ0n) is 12.0. The van der Waals surface area contributed by atoms with E-state index in [0.29, 0.717) is 22.6 Å². The number of hydroxylamine groups is 2. The Bertz CT molecular complexity index is 477. The van der Waals surface area contributed by atoms with Crippen LogP contribution in [0.3, 0.4) is 0 Å². The minimum atomic E-state index is -0.249. The summed E-state index contributed by atoms with van der Waals surface area (Å²) in [5, 5.41) is 5.21. The Morgan fingerprint density at radius 2 is 2.20 bits per heavy atom. The highest BCUT2D eigenvalue weighted by molar-refractivity contribution is 7.98. The summed E-state index contributed by atoms with van der Waals surface area (Å²) in [6, 6.07) is 0.388. The number of anilines is 1. The van der Waals surface area contributed by atoms with E-state index in [2.05, 4.69) is 15.3 Å². The first kappa shape index (κ1) is 15.1. The molecule has 2 rings (SSSR count). The summed E-state index contributed by atoms with van der Waals surface area (Å²) in [5.74, 6) is 0.353. The van der Waals surface area contributed by atoms with Crippen LogP contribution in [0.5, 0.6) is 0 Å². The number of hydrogen-bond acceptors (Lipinski definition) is 6. The van der Waals surface area contributed by atoms with E-state index in [1.807, 2.05) is 6.26 Å². The van der Waals surface area contributed by atoms with Crippen molar-refractivity contribution in [1.82, 2.24) is 15.0 Å². The second kappa shape index (κ2) is 6.90. The maximum atomic E-state index is 12.2. The topological polar surface area (TPSA) is 67.3 Å². The Labute approximate surface area is 123 Å². The van der Waals surface area contributed by atoms with Gasteiger partial charge in [-0.2, -0.15) is 0 Å². The number of rotatable bonds is 5. The van der Waals surface area contributed by atoms with Crippen LogP contribution in [0, 0.1) is 0 Å². The molecule has 1 aromatic heterocycles. The van der Waals surface area contributed by atoms with Crippen LogP contribution in [-0.4, -0.2) is 47.4 Å². The summed E-state index contributed by atoms with van der Waals surface area (Å²) >= 11 is 1.46. The van der Waals surface area contributed by atoms with E-state index in [1.165, 1.54) is 36.8 Å². The van der Waals surface area contributed by atoms with Gasteiger partial charge in [-0.1, -0.05) is 24.6 Å². The molecule has 1 N–H and O–H groups in total. The van der Waals surface area contributed by atoms with Gasteiger partial charge >= 0.3 is 0 Å². The van der Waals surface area contributed by atoms with E-state index in [9.17, 15) is 4.79 Å². The largest absolute Gasteiger partial charge is 0.367 e. The molecule has 0 bridgehead atoms. The van der Waals surface area contributed by atoms with Crippen molar-refractivity contribution in [3.8, 4) is 0 Å². The standard InChI is InChI=1S/C13H20N4O2S/c1-17(19-2)12(18)10-8-14-13(20-3)16-11(10)15-9-6-4-5-7-9/h8-9H,4-7H2,1-3H3,(H,14,15,16). The van der Waals surface area contributed by atoms with Gasteiger partial charge in [-0.3, -0.25) is 9.63 Å². The van der Waals surface area contributed by atoms with Gasteiger partial charge in [0.15, 0.2) is 5.16 Å². The highest BCUT2D eigenvalue weighted by atomic mass is 32.2. The van der Waals surface area contributed by atoms with E-state index >= 15 is 0 Å². The smallest absolute Gasteiger partial charge is 0.282 e. The molecule has 1 aliphatic rings. The number of carbonyl (C=O) groups excluding carboxylic acids is 1.